The molecule has 0 spiro atoms. The Bertz CT molecular complexity index is 1330. The van der Waals surface area contributed by atoms with Crippen LogP contribution < -0.4 is 10.6 Å². The van der Waals surface area contributed by atoms with Gasteiger partial charge in [-0.1, -0.05) is 257 Å². The van der Waals surface area contributed by atoms with Crippen LogP contribution in [0.5, 0.6) is 0 Å². The average molecular weight is 992 g/mol. The van der Waals surface area contributed by atoms with Crippen molar-refractivity contribution in [3.05, 3.63) is 29.3 Å². The summed E-state index contributed by atoms with van der Waals surface area (Å²) in [7, 11) is 0. The Morgan fingerprint density at radius 1 is 0.557 bits per heavy atom. The molecule has 1 amide bonds. The third-order valence-corrected chi connectivity index (χ3v) is 14.8. The molecule has 1 aromatic rings. The van der Waals surface area contributed by atoms with Crippen LogP contribution in [0.15, 0.2) is 18.2 Å². The largest absolute Gasteiger partial charge is 0.446 e. The number of ether oxygens (including phenoxy) is 3. The lowest BCUT2D eigenvalue weighted by Crippen LogP contribution is -2.60. The number of carbonyl (C=O) groups excluding carboxylic acids is 1. The van der Waals surface area contributed by atoms with Crippen LogP contribution in [0.25, 0.3) is 0 Å². The van der Waals surface area contributed by atoms with Gasteiger partial charge < -0.3 is 45.1 Å². The molecule has 1 saturated heterocycles. The van der Waals surface area contributed by atoms with E-state index in [-0.39, 0.29) is 6.61 Å². The van der Waals surface area contributed by atoms with E-state index >= 15 is 0 Å². The highest BCUT2D eigenvalue weighted by atomic mass is 16.7. The fraction of sp³-hybridized carbons (Fsp3) is 0.881. The maximum Gasteiger partial charge on any atom is 0.411 e. The molecule has 7 N–H and O–H groups in total. The number of rotatable bonds is 47. The molecular formula is C59H110N2O9. The Labute approximate surface area is 428 Å². The average Bonchev–Trinajstić information content (AvgIpc) is 3.35. The topological polar surface area (TPSA) is 170 Å². The van der Waals surface area contributed by atoms with Crippen LogP contribution in [0.2, 0.25) is 0 Å². The van der Waals surface area contributed by atoms with Gasteiger partial charge in [-0.2, -0.15) is 0 Å². The van der Waals surface area contributed by atoms with E-state index < -0.39 is 61.7 Å². The van der Waals surface area contributed by atoms with E-state index in [2.05, 4.69) is 24.5 Å². The van der Waals surface area contributed by atoms with Gasteiger partial charge in [-0.05, 0) is 44.4 Å². The van der Waals surface area contributed by atoms with Gasteiger partial charge >= 0.3 is 6.09 Å². The molecule has 11 heteroatoms. The van der Waals surface area contributed by atoms with Gasteiger partial charge in [0.25, 0.3) is 0 Å². The lowest BCUT2D eigenvalue weighted by atomic mass is 9.98. The first-order valence-electron chi connectivity index (χ1n) is 29.5. The summed E-state index contributed by atoms with van der Waals surface area (Å²) in [5, 5.41) is 61.1. The molecule has 1 aromatic carbocycles. The number of hydrogen-bond acceptors (Lipinski definition) is 10. The quantitative estimate of drug-likeness (QED) is 0.0312. The highest BCUT2D eigenvalue weighted by Gasteiger charge is 2.45. The summed E-state index contributed by atoms with van der Waals surface area (Å²) in [5.74, 6) is 0. The van der Waals surface area contributed by atoms with Crippen molar-refractivity contribution in [3.63, 3.8) is 0 Å². The maximum absolute atomic E-state index is 12.7. The second-order valence-electron chi connectivity index (χ2n) is 21.3. The Morgan fingerprint density at radius 2 is 0.943 bits per heavy atom. The number of anilines is 1. The smallest absolute Gasteiger partial charge is 0.411 e. The Kier molecular flexibility index (Phi) is 40.0. The fourth-order valence-corrected chi connectivity index (χ4v) is 9.98. The first-order chi connectivity index (χ1) is 34.1. The van der Waals surface area contributed by atoms with Crippen molar-refractivity contribution >= 4 is 11.8 Å². The molecule has 410 valence electrons. The van der Waals surface area contributed by atoms with Crippen LogP contribution in [0, 0.1) is 13.8 Å². The normalized spacial score (nSPS) is 19.6. The minimum absolute atomic E-state index is 0.124. The minimum atomic E-state index is -1.62. The van der Waals surface area contributed by atoms with Gasteiger partial charge in [0.15, 0.2) is 6.29 Å². The van der Waals surface area contributed by atoms with Gasteiger partial charge in [0.1, 0.15) is 31.0 Å². The van der Waals surface area contributed by atoms with E-state index in [1.165, 1.54) is 193 Å². The second-order valence-corrected chi connectivity index (χ2v) is 21.3. The molecule has 1 aliphatic heterocycles. The van der Waals surface area contributed by atoms with Crippen molar-refractivity contribution in [3.8, 4) is 0 Å². The molecule has 1 fully saturated rings. The number of carbonyl (C=O) groups is 1. The Morgan fingerprint density at radius 3 is 1.36 bits per heavy atom. The van der Waals surface area contributed by atoms with Crippen LogP contribution in [0.1, 0.15) is 263 Å². The molecule has 2 rings (SSSR count). The fourth-order valence-electron chi connectivity index (χ4n) is 9.98. The first kappa shape index (κ1) is 64.3. The third kappa shape index (κ3) is 31.0. The Balaban J connectivity index is 1.70. The predicted octanol–water partition coefficient (Wildman–Crippen LogP) is 13.8. The second kappa shape index (κ2) is 43.6. The maximum atomic E-state index is 12.7. The Hall–Kier alpha value is -1.83. The summed E-state index contributed by atoms with van der Waals surface area (Å²) in [4.78, 5) is 12.7. The number of hydrogen-bond donors (Lipinski definition) is 7. The monoisotopic (exact) mass is 991 g/mol. The van der Waals surface area contributed by atoms with Crippen LogP contribution in [-0.4, -0.2) is 100 Å². The summed E-state index contributed by atoms with van der Waals surface area (Å²) >= 11 is 0. The number of aliphatic hydroxyl groups is 5. The molecule has 0 radical (unpaired) electrons. The van der Waals surface area contributed by atoms with Crippen molar-refractivity contribution in [2.24, 2.45) is 0 Å². The van der Waals surface area contributed by atoms with E-state index in [1.807, 2.05) is 32.0 Å². The highest BCUT2D eigenvalue weighted by Crippen LogP contribution is 2.25. The van der Waals surface area contributed by atoms with Gasteiger partial charge in [0.2, 0.25) is 0 Å². The molecule has 0 aromatic heterocycles. The van der Waals surface area contributed by atoms with Gasteiger partial charge in [0.05, 0.1) is 24.9 Å². The third-order valence-electron chi connectivity index (χ3n) is 14.8. The number of aryl methyl sites for hydroxylation is 2. The number of amides is 1. The molecule has 0 bridgehead atoms. The van der Waals surface area contributed by atoms with Gasteiger partial charge in [-0.25, -0.2) is 4.79 Å². The number of benzene rings is 1. The van der Waals surface area contributed by atoms with Crippen LogP contribution in [-0.2, 0) is 14.2 Å². The molecule has 1 heterocycles. The lowest BCUT2D eigenvalue weighted by Gasteiger charge is -2.40. The molecule has 0 saturated carbocycles. The minimum Gasteiger partial charge on any atom is -0.446 e. The number of aliphatic hydroxyl groups excluding tert-OH is 5. The summed E-state index contributed by atoms with van der Waals surface area (Å²) in [5.41, 5.74) is 2.35. The summed E-state index contributed by atoms with van der Waals surface area (Å²) < 4.78 is 17.3. The summed E-state index contributed by atoms with van der Waals surface area (Å²) in [6.45, 7) is 8.38. The van der Waals surface area contributed by atoms with Crippen LogP contribution in [0.4, 0.5) is 10.5 Å². The van der Waals surface area contributed by atoms with E-state index in [4.69, 9.17) is 14.2 Å². The van der Waals surface area contributed by atoms with Gasteiger partial charge in [-0.15, -0.1) is 0 Å². The van der Waals surface area contributed by atoms with Crippen molar-refractivity contribution in [2.75, 3.05) is 25.1 Å². The summed E-state index contributed by atoms with van der Waals surface area (Å²) in [6.07, 6.45) is 37.1. The first-order valence-corrected chi connectivity index (χ1v) is 29.5. The van der Waals surface area contributed by atoms with Crippen LogP contribution >= 0.6 is 0 Å². The lowest BCUT2D eigenvalue weighted by molar-refractivity contribution is -0.302. The number of unbranched alkanes of at least 4 members (excludes halogenated alkanes) is 34. The SMILES string of the molecule is CCCCCCCCCCCCCCCCCCCCCCCCCCN[C@@H](CO[C@H]1O[C@H](COC(=O)Nc2c(C)cccc2C)[C@H](O)[C@H](O)[C@H]1O)[C@H](O)[C@H](O)CCCCCCCCCCCCCC. The van der Waals surface area contributed by atoms with Crippen molar-refractivity contribution < 1.29 is 44.5 Å². The van der Waals surface area contributed by atoms with E-state index in [9.17, 15) is 30.3 Å². The molecule has 70 heavy (non-hydrogen) atoms. The molecule has 0 aliphatic carbocycles. The standard InChI is InChI=1S/C59H110N2O9/c1-5-7-9-11-13-15-17-19-20-21-22-23-24-25-26-27-28-29-30-32-34-36-38-40-45-60-50(54(63)51(62)44-39-37-35-33-31-18-16-14-12-10-8-6-2)46-68-58-57(66)56(65)55(64)52(70-58)47-69-59(67)61-53-48(3)42-41-43-49(53)4/h41-43,50-52,54-58,60,62-66H,5-40,44-47H2,1-4H3,(H,61,67)/t50-,51+,52+,54-,55-,56-,57+,58-/m0/s1. The van der Waals surface area contributed by atoms with E-state index in [0.717, 1.165) is 49.7 Å². The van der Waals surface area contributed by atoms with Crippen molar-refractivity contribution in [1.29, 1.82) is 0 Å². The van der Waals surface area contributed by atoms with E-state index in [1.54, 1.807) is 0 Å². The molecule has 0 unspecified atom stereocenters. The summed E-state index contributed by atoms with van der Waals surface area (Å²) in [6, 6.07) is 4.97. The predicted molar refractivity (Wildman–Crippen MR) is 290 cm³/mol. The number of nitrogens with one attached hydrogen (secondary N) is 2. The molecule has 1 aliphatic rings. The van der Waals surface area contributed by atoms with Gasteiger partial charge in [0, 0.05) is 5.69 Å². The molecule has 11 nitrogen and oxygen atoms in total. The van der Waals surface area contributed by atoms with E-state index in [0.29, 0.717) is 18.7 Å². The van der Waals surface area contributed by atoms with Crippen molar-refractivity contribution in [2.45, 2.75) is 314 Å². The van der Waals surface area contributed by atoms with Crippen LogP contribution in [0.3, 0.4) is 0 Å². The zero-order chi connectivity index (χ0) is 50.9. The zero-order valence-corrected chi connectivity index (χ0v) is 45.5. The molecular weight excluding hydrogens is 881 g/mol. The van der Waals surface area contributed by atoms with Gasteiger partial charge in [-0.3, -0.25) is 5.32 Å². The zero-order valence-electron chi connectivity index (χ0n) is 45.5. The number of para-hydroxylation sites is 1. The highest BCUT2D eigenvalue weighted by molar-refractivity contribution is 5.86. The molecule has 8 atom stereocenters. The van der Waals surface area contributed by atoms with Crippen molar-refractivity contribution in [1.82, 2.24) is 5.32 Å².